The number of nitrogens with zero attached hydrogens (tertiary/aromatic N) is 1. The molecule has 0 saturated carbocycles. The molecule has 8 heteroatoms. The van der Waals surface area contributed by atoms with Crippen LogP contribution < -0.4 is 14.8 Å². The van der Waals surface area contributed by atoms with Gasteiger partial charge in [-0.25, -0.2) is 8.42 Å². The van der Waals surface area contributed by atoms with Crippen LogP contribution in [0.25, 0.3) is 0 Å². The minimum absolute atomic E-state index is 0.0240. The summed E-state index contributed by atoms with van der Waals surface area (Å²) in [6.07, 6.45) is 1.11. The smallest absolute Gasteiger partial charge is 0.218 e. The number of halogens is 1. The number of hydrogen-bond donors (Lipinski definition) is 1. The van der Waals surface area contributed by atoms with E-state index in [9.17, 15) is 13.7 Å². The highest BCUT2D eigenvalue weighted by Gasteiger charge is 2.21. The van der Waals surface area contributed by atoms with Crippen molar-refractivity contribution in [2.45, 2.75) is 4.90 Å². The van der Waals surface area contributed by atoms with E-state index >= 15 is 0 Å². The number of ether oxygens (including phenoxy) is 2. The minimum atomic E-state index is -3.97. The first-order valence-corrected chi connectivity index (χ1v) is 8.88. The monoisotopic (exact) mass is 378 g/mol. The molecule has 0 amide bonds. The highest BCUT2D eigenvalue weighted by Crippen LogP contribution is 2.29. The molecule has 0 bridgehead atoms. The number of nitriles is 1. The molecule has 0 aliphatic carbocycles. The number of hydrogen-bond acceptors (Lipinski definition) is 6. The van der Waals surface area contributed by atoms with Crippen LogP contribution >= 0.6 is 11.6 Å². The molecule has 0 saturated heterocycles. The lowest BCUT2D eigenvalue weighted by Crippen LogP contribution is -2.06. The second-order valence-corrected chi connectivity index (χ2v) is 7.14. The lowest BCUT2D eigenvalue weighted by Gasteiger charge is -2.10. The fraction of sp³-hybridized carbons (Fsp3) is 0.118. The fourth-order valence-electron chi connectivity index (χ4n) is 1.98. The molecule has 6 nitrogen and oxygen atoms in total. The van der Waals surface area contributed by atoms with Gasteiger partial charge in [-0.3, -0.25) is 0 Å². The van der Waals surface area contributed by atoms with Crippen molar-refractivity contribution in [3.8, 4) is 17.6 Å². The molecule has 0 aromatic heterocycles. The quantitative estimate of drug-likeness (QED) is 0.772. The maximum atomic E-state index is 12.5. The summed E-state index contributed by atoms with van der Waals surface area (Å²) in [5.74, 6) is 1.02. The second kappa shape index (κ2) is 7.92. The van der Waals surface area contributed by atoms with E-state index in [0.29, 0.717) is 22.2 Å². The summed E-state index contributed by atoms with van der Waals surface area (Å²) in [6, 6.07) is 12.3. The van der Waals surface area contributed by atoms with Gasteiger partial charge < -0.3 is 14.8 Å². The van der Waals surface area contributed by atoms with Crippen LogP contribution in [-0.2, 0) is 9.84 Å². The molecule has 2 aromatic rings. The second-order valence-electron chi connectivity index (χ2n) is 4.79. The van der Waals surface area contributed by atoms with Gasteiger partial charge in [-0.15, -0.1) is 0 Å². The van der Waals surface area contributed by atoms with Crippen LogP contribution in [0, 0.1) is 11.3 Å². The van der Waals surface area contributed by atoms with Crippen molar-refractivity contribution in [3.05, 3.63) is 58.6 Å². The van der Waals surface area contributed by atoms with Crippen LogP contribution in [0.5, 0.6) is 11.5 Å². The number of sulfone groups is 1. The first-order chi connectivity index (χ1) is 11.9. The Hall–Kier alpha value is -2.69. The third kappa shape index (κ3) is 4.24. The summed E-state index contributed by atoms with van der Waals surface area (Å²) in [5.41, 5.74) is 0.459. The van der Waals surface area contributed by atoms with Gasteiger partial charge in [0.15, 0.2) is 4.91 Å². The van der Waals surface area contributed by atoms with Gasteiger partial charge in [-0.2, -0.15) is 5.26 Å². The molecule has 1 N–H and O–H groups in total. The van der Waals surface area contributed by atoms with E-state index in [1.165, 1.54) is 38.5 Å². The number of methoxy groups -OCH3 is 2. The molecular weight excluding hydrogens is 364 g/mol. The topological polar surface area (TPSA) is 88.4 Å². The van der Waals surface area contributed by atoms with E-state index in [1.54, 1.807) is 24.3 Å². The number of allylic oxidation sites excluding steroid dienone is 1. The highest BCUT2D eigenvalue weighted by atomic mass is 35.5. The zero-order chi connectivity index (χ0) is 18.4. The SMILES string of the molecule is COc1ccc(OC)c(NC=C(C#N)S(=O)(=O)c2ccc(Cl)cc2)c1. The molecule has 130 valence electrons. The van der Waals surface area contributed by atoms with Crippen molar-refractivity contribution in [2.24, 2.45) is 0 Å². The Morgan fingerprint density at radius 3 is 2.40 bits per heavy atom. The molecule has 0 heterocycles. The molecule has 2 aromatic carbocycles. The zero-order valence-electron chi connectivity index (χ0n) is 13.5. The van der Waals surface area contributed by atoms with Gasteiger partial charge in [0.05, 0.1) is 24.8 Å². The summed E-state index contributed by atoms with van der Waals surface area (Å²) in [6.45, 7) is 0. The van der Waals surface area contributed by atoms with Crippen molar-refractivity contribution in [1.29, 1.82) is 5.26 Å². The average molecular weight is 379 g/mol. The molecule has 0 spiro atoms. The molecule has 0 atom stereocenters. The Bertz CT molecular complexity index is 932. The van der Waals surface area contributed by atoms with E-state index in [1.807, 2.05) is 0 Å². The molecule has 0 fully saturated rings. The zero-order valence-corrected chi connectivity index (χ0v) is 15.1. The van der Waals surface area contributed by atoms with Crippen LogP contribution in [-0.4, -0.2) is 22.6 Å². The number of rotatable bonds is 6. The Morgan fingerprint density at radius 1 is 1.16 bits per heavy atom. The van der Waals surface area contributed by atoms with Crippen molar-refractivity contribution >= 4 is 27.1 Å². The Labute approximate surface area is 151 Å². The van der Waals surface area contributed by atoms with E-state index in [4.69, 9.17) is 21.1 Å². The van der Waals surface area contributed by atoms with Crippen LogP contribution in [0.15, 0.2) is 58.5 Å². The lowest BCUT2D eigenvalue weighted by molar-refractivity contribution is 0.405. The largest absolute Gasteiger partial charge is 0.497 e. The van der Waals surface area contributed by atoms with Crippen LogP contribution in [0.1, 0.15) is 0 Å². The summed E-state index contributed by atoms with van der Waals surface area (Å²) in [5, 5.41) is 12.4. The van der Waals surface area contributed by atoms with E-state index in [0.717, 1.165) is 6.20 Å². The molecule has 0 radical (unpaired) electrons. The maximum Gasteiger partial charge on any atom is 0.218 e. The van der Waals surface area contributed by atoms with Gasteiger partial charge in [0, 0.05) is 17.3 Å². The van der Waals surface area contributed by atoms with Crippen molar-refractivity contribution in [2.75, 3.05) is 19.5 Å². The summed E-state index contributed by atoms with van der Waals surface area (Å²) in [7, 11) is -0.981. The molecule has 0 aliphatic rings. The first-order valence-electron chi connectivity index (χ1n) is 7.02. The van der Waals surface area contributed by atoms with Crippen LogP contribution in [0.4, 0.5) is 5.69 Å². The maximum absolute atomic E-state index is 12.5. The van der Waals surface area contributed by atoms with Gasteiger partial charge in [0.25, 0.3) is 0 Å². The summed E-state index contributed by atoms with van der Waals surface area (Å²) < 4.78 is 35.4. The van der Waals surface area contributed by atoms with Crippen molar-refractivity contribution in [1.82, 2.24) is 0 Å². The van der Waals surface area contributed by atoms with Gasteiger partial charge >= 0.3 is 0 Å². The van der Waals surface area contributed by atoms with Crippen LogP contribution in [0.2, 0.25) is 5.02 Å². The predicted octanol–water partition coefficient (Wildman–Crippen LogP) is 3.61. The van der Waals surface area contributed by atoms with E-state index in [-0.39, 0.29) is 4.90 Å². The molecule has 25 heavy (non-hydrogen) atoms. The Kier molecular flexibility index (Phi) is 5.91. The molecular formula is C17H15ClN2O4S. The third-order valence-electron chi connectivity index (χ3n) is 3.29. The van der Waals surface area contributed by atoms with Crippen LogP contribution in [0.3, 0.4) is 0 Å². The summed E-state index contributed by atoms with van der Waals surface area (Å²) >= 11 is 5.77. The average Bonchev–Trinajstić information content (AvgIpc) is 2.62. The first kappa shape index (κ1) is 18.6. The molecule has 0 unspecified atom stereocenters. The molecule has 2 rings (SSSR count). The van der Waals surface area contributed by atoms with Crippen molar-refractivity contribution < 1.29 is 17.9 Å². The van der Waals surface area contributed by atoms with Crippen molar-refractivity contribution in [3.63, 3.8) is 0 Å². The Balaban J connectivity index is 2.38. The van der Waals surface area contributed by atoms with Gasteiger partial charge in [-0.05, 0) is 36.4 Å². The highest BCUT2D eigenvalue weighted by molar-refractivity contribution is 7.95. The van der Waals surface area contributed by atoms with E-state index in [2.05, 4.69) is 5.32 Å². The third-order valence-corrected chi connectivity index (χ3v) is 5.22. The Morgan fingerprint density at radius 2 is 1.84 bits per heavy atom. The number of nitrogens with one attached hydrogen (secondary N) is 1. The van der Waals surface area contributed by atoms with Gasteiger partial charge in [-0.1, -0.05) is 11.6 Å². The van der Waals surface area contributed by atoms with Gasteiger partial charge in [0.2, 0.25) is 9.84 Å². The van der Waals surface area contributed by atoms with E-state index < -0.39 is 14.7 Å². The standard InChI is InChI=1S/C17H15ClN2O4S/c1-23-13-5-8-17(24-2)16(9-13)20-11-15(10-19)25(21,22)14-6-3-12(18)4-7-14/h3-9,11,20H,1-2H3. The minimum Gasteiger partial charge on any atom is -0.497 e. The predicted molar refractivity (Wildman–Crippen MR) is 95.5 cm³/mol. The molecule has 0 aliphatic heterocycles. The number of anilines is 1. The lowest BCUT2D eigenvalue weighted by atomic mass is 10.2. The fourth-order valence-corrected chi connectivity index (χ4v) is 3.19. The number of benzene rings is 2. The normalized spacial score (nSPS) is 11.5. The van der Waals surface area contributed by atoms with Gasteiger partial charge in [0.1, 0.15) is 17.6 Å². The summed E-state index contributed by atoms with van der Waals surface area (Å²) in [4.78, 5) is -0.469.